The van der Waals surface area contributed by atoms with Crippen molar-refractivity contribution >= 4 is 22.6 Å². The van der Waals surface area contributed by atoms with Crippen LogP contribution >= 0.6 is 0 Å². The Morgan fingerprint density at radius 3 is 2.50 bits per heavy atom. The molecule has 1 N–H and O–H groups in total. The molecule has 0 bridgehead atoms. The quantitative estimate of drug-likeness (QED) is 0.329. The van der Waals surface area contributed by atoms with Crippen molar-refractivity contribution in [3.63, 3.8) is 0 Å². The molecule has 40 heavy (non-hydrogen) atoms. The lowest BCUT2D eigenvalue weighted by Gasteiger charge is -2.36. The summed E-state index contributed by atoms with van der Waals surface area (Å²) < 4.78 is 11.7. The van der Waals surface area contributed by atoms with Gasteiger partial charge in [-0.1, -0.05) is 42.5 Å². The molecule has 4 aromatic rings. The maximum atomic E-state index is 13.3. The van der Waals surface area contributed by atoms with Crippen LogP contribution in [0.4, 0.5) is 5.69 Å². The van der Waals surface area contributed by atoms with Crippen molar-refractivity contribution in [3.8, 4) is 23.1 Å². The van der Waals surface area contributed by atoms with Crippen LogP contribution in [-0.4, -0.2) is 57.2 Å². The molecule has 0 unspecified atom stereocenters. The Morgan fingerprint density at radius 1 is 1.05 bits per heavy atom. The summed E-state index contributed by atoms with van der Waals surface area (Å²) >= 11 is 0. The first-order valence-corrected chi connectivity index (χ1v) is 13.5. The third-order valence-corrected chi connectivity index (χ3v) is 7.36. The Balaban J connectivity index is 1.25. The molecule has 204 valence electrons. The maximum Gasteiger partial charge on any atom is 0.255 e. The number of rotatable bonds is 8. The Labute approximate surface area is 233 Å². The highest BCUT2D eigenvalue weighted by Crippen LogP contribution is 2.29. The molecule has 1 saturated heterocycles. The van der Waals surface area contributed by atoms with Gasteiger partial charge in [0.2, 0.25) is 0 Å². The smallest absolute Gasteiger partial charge is 0.255 e. The fourth-order valence-electron chi connectivity index (χ4n) is 5.19. The summed E-state index contributed by atoms with van der Waals surface area (Å²) in [6, 6.07) is 22.4. The summed E-state index contributed by atoms with van der Waals surface area (Å²) in [5.41, 5.74) is 2.67. The number of ether oxygens (including phenoxy) is 1. The van der Waals surface area contributed by atoms with Crippen LogP contribution in [0.15, 0.2) is 75.9 Å². The highest BCUT2D eigenvalue weighted by atomic mass is 16.5. The topological polar surface area (TPSA) is 98.8 Å². The van der Waals surface area contributed by atoms with Gasteiger partial charge in [0, 0.05) is 43.9 Å². The number of amides is 1. The van der Waals surface area contributed by atoms with E-state index in [1.54, 1.807) is 14.0 Å². The summed E-state index contributed by atoms with van der Waals surface area (Å²) in [6.07, 6.45) is 0.772. The summed E-state index contributed by atoms with van der Waals surface area (Å²) in [6.45, 7) is 6.67. The molecule has 8 heteroatoms. The highest BCUT2D eigenvalue weighted by Gasteiger charge is 2.21. The van der Waals surface area contributed by atoms with Crippen LogP contribution in [0, 0.1) is 18.3 Å². The van der Waals surface area contributed by atoms with Crippen LogP contribution in [-0.2, 0) is 0 Å². The first kappa shape index (κ1) is 27.0. The van der Waals surface area contributed by atoms with Crippen molar-refractivity contribution in [2.45, 2.75) is 13.3 Å². The van der Waals surface area contributed by atoms with E-state index in [0.29, 0.717) is 17.9 Å². The van der Waals surface area contributed by atoms with Crippen molar-refractivity contribution in [1.82, 2.24) is 10.2 Å². The molecule has 0 saturated carbocycles. The van der Waals surface area contributed by atoms with Gasteiger partial charge in [0.15, 0.2) is 11.0 Å². The van der Waals surface area contributed by atoms with E-state index < -0.39 is 0 Å². The average molecular weight is 537 g/mol. The normalized spacial score (nSPS) is 13.7. The lowest BCUT2D eigenvalue weighted by Crippen LogP contribution is -2.47. The van der Waals surface area contributed by atoms with E-state index in [0.717, 1.165) is 56.1 Å². The van der Waals surface area contributed by atoms with E-state index in [4.69, 9.17) is 9.15 Å². The number of nitrogens with one attached hydrogen (secondary N) is 1. The van der Waals surface area contributed by atoms with Crippen LogP contribution in [0.1, 0.15) is 27.9 Å². The molecule has 5 rings (SSSR count). The minimum Gasteiger partial charge on any atom is -0.495 e. The molecule has 8 nitrogen and oxygen atoms in total. The Kier molecular flexibility index (Phi) is 8.13. The Morgan fingerprint density at radius 2 is 1.77 bits per heavy atom. The van der Waals surface area contributed by atoms with Crippen LogP contribution in [0.3, 0.4) is 0 Å². The fraction of sp³-hybridized carbons (Fsp3) is 0.281. The minimum atomic E-state index is -0.367. The number of nitrogens with zero attached hydrogens (tertiary/aromatic N) is 3. The second-order valence-corrected chi connectivity index (χ2v) is 9.87. The summed E-state index contributed by atoms with van der Waals surface area (Å²) in [5.74, 6) is 0.937. The molecule has 0 spiro atoms. The zero-order valence-electron chi connectivity index (χ0n) is 22.8. The van der Waals surface area contributed by atoms with Crippen LogP contribution in [0.5, 0.6) is 5.75 Å². The van der Waals surface area contributed by atoms with E-state index in [1.165, 1.54) is 12.1 Å². The van der Waals surface area contributed by atoms with Crippen LogP contribution in [0.25, 0.3) is 22.3 Å². The van der Waals surface area contributed by atoms with Gasteiger partial charge in [-0.15, -0.1) is 0 Å². The number of fused-ring (bicyclic) bond motifs is 1. The van der Waals surface area contributed by atoms with Gasteiger partial charge in [0.05, 0.1) is 35.4 Å². The SMILES string of the molecule is COc1ccccc1N1CCN(CCCNC(=O)c2cc(C#N)cc3c(=O)c(C)c(-c4ccccc4)oc23)CC1. The van der Waals surface area contributed by atoms with Gasteiger partial charge in [-0.05, 0) is 44.2 Å². The lowest BCUT2D eigenvalue weighted by molar-refractivity contribution is 0.0952. The Hall–Kier alpha value is -4.61. The third kappa shape index (κ3) is 5.56. The maximum absolute atomic E-state index is 13.3. The van der Waals surface area contributed by atoms with Crippen LogP contribution < -0.4 is 20.4 Å². The first-order valence-electron chi connectivity index (χ1n) is 13.5. The van der Waals surface area contributed by atoms with Crippen molar-refractivity contribution < 1.29 is 13.9 Å². The number of piperazine rings is 1. The van der Waals surface area contributed by atoms with Crippen LogP contribution in [0.2, 0.25) is 0 Å². The summed E-state index contributed by atoms with van der Waals surface area (Å²) in [4.78, 5) is 31.2. The van der Waals surface area contributed by atoms with Gasteiger partial charge in [-0.2, -0.15) is 5.26 Å². The zero-order valence-corrected chi connectivity index (χ0v) is 22.8. The molecule has 1 aromatic heterocycles. The number of carbonyl (C=O) groups excluding carboxylic acids is 1. The summed E-state index contributed by atoms with van der Waals surface area (Å²) in [7, 11) is 1.69. The summed E-state index contributed by atoms with van der Waals surface area (Å²) in [5, 5.41) is 12.7. The number of hydrogen-bond donors (Lipinski definition) is 1. The average Bonchev–Trinajstić information content (AvgIpc) is 3.01. The third-order valence-electron chi connectivity index (χ3n) is 7.36. The first-order chi connectivity index (χ1) is 19.5. The van der Waals surface area contributed by atoms with Crippen molar-refractivity contribution in [2.75, 3.05) is 51.3 Å². The van der Waals surface area contributed by atoms with Gasteiger partial charge in [-0.25, -0.2) is 0 Å². The van der Waals surface area contributed by atoms with Crippen molar-refractivity contribution in [2.24, 2.45) is 0 Å². The molecule has 1 aliphatic rings. The van der Waals surface area contributed by atoms with E-state index in [1.807, 2.05) is 48.5 Å². The molecule has 1 aliphatic heterocycles. The van der Waals surface area contributed by atoms with E-state index in [2.05, 4.69) is 27.3 Å². The molecule has 1 amide bonds. The predicted molar refractivity (Wildman–Crippen MR) is 156 cm³/mol. The standard InChI is InChI=1S/C32H32N4O4/c1-22-29(37)25-19-23(21-33)20-26(31(25)40-30(22)24-9-4-3-5-10-24)32(38)34-13-8-14-35-15-17-36(18-16-35)27-11-6-7-12-28(27)39-2/h3-7,9-12,19-20H,8,13-18H2,1-2H3,(H,34,38). The molecular weight excluding hydrogens is 504 g/mol. The minimum absolute atomic E-state index is 0.189. The second-order valence-electron chi connectivity index (χ2n) is 9.87. The molecule has 2 heterocycles. The van der Waals surface area contributed by atoms with E-state index in [9.17, 15) is 14.9 Å². The van der Waals surface area contributed by atoms with E-state index in [-0.39, 0.29) is 33.4 Å². The van der Waals surface area contributed by atoms with Gasteiger partial charge in [0.25, 0.3) is 5.91 Å². The largest absolute Gasteiger partial charge is 0.495 e. The van der Waals surface area contributed by atoms with E-state index >= 15 is 0 Å². The number of hydrogen-bond acceptors (Lipinski definition) is 7. The molecular formula is C32H32N4O4. The van der Waals surface area contributed by atoms with Crippen molar-refractivity contribution in [1.29, 1.82) is 5.26 Å². The molecule has 1 fully saturated rings. The number of para-hydroxylation sites is 2. The molecule has 0 aliphatic carbocycles. The van der Waals surface area contributed by atoms with Crippen molar-refractivity contribution in [3.05, 3.63) is 93.6 Å². The fourth-order valence-corrected chi connectivity index (χ4v) is 5.19. The number of benzene rings is 3. The Bertz CT molecular complexity index is 1620. The van der Waals surface area contributed by atoms with Gasteiger partial charge in [0.1, 0.15) is 11.5 Å². The zero-order chi connectivity index (χ0) is 28.1. The molecule has 0 radical (unpaired) electrons. The number of methoxy groups -OCH3 is 1. The molecule has 0 atom stereocenters. The predicted octanol–water partition coefficient (Wildman–Crippen LogP) is 4.59. The number of carbonyl (C=O) groups is 1. The second kappa shape index (κ2) is 12.1. The highest BCUT2D eigenvalue weighted by molar-refractivity contribution is 6.05. The van der Waals surface area contributed by atoms with Gasteiger partial charge < -0.3 is 19.4 Å². The molecule has 3 aromatic carbocycles. The van der Waals surface area contributed by atoms with Gasteiger partial charge in [-0.3, -0.25) is 14.5 Å². The lowest BCUT2D eigenvalue weighted by atomic mass is 10.0. The van der Waals surface area contributed by atoms with Gasteiger partial charge >= 0.3 is 0 Å². The number of nitriles is 1. The monoisotopic (exact) mass is 536 g/mol. The number of anilines is 1.